The van der Waals surface area contributed by atoms with Gasteiger partial charge in [0.15, 0.2) is 5.78 Å². The SMILES string of the molecule is Cc1c(CN2CCC[C@@H](C(=O)c3cccc(C(F)(F)F)c3)C2)cnn1C. The molecule has 0 aliphatic carbocycles. The van der Waals surface area contributed by atoms with Crippen LogP contribution in [-0.2, 0) is 19.8 Å². The van der Waals surface area contributed by atoms with Gasteiger partial charge in [0, 0.05) is 42.9 Å². The minimum atomic E-state index is -4.44. The summed E-state index contributed by atoms with van der Waals surface area (Å²) in [5.41, 5.74) is 1.56. The van der Waals surface area contributed by atoms with E-state index in [1.165, 1.54) is 12.1 Å². The van der Waals surface area contributed by atoms with Crippen LogP contribution in [0.2, 0.25) is 0 Å². The maximum absolute atomic E-state index is 12.9. The molecule has 1 aliphatic heterocycles. The van der Waals surface area contributed by atoms with Crippen LogP contribution in [0.4, 0.5) is 13.2 Å². The highest BCUT2D eigenvalue weighted by Crippen LogP contribution is 2.31. The van der Waals surface area contributed by atoms with Crippen molar-refractivity contribution < 1.29 is 18.0 Å². The third kappa shape index (κ3) is 3.98. The standard InChI is InChI=1S/C19H22F3N3O/c1-13-16(10-23-24(13)2)12-25-8-4-6-15(11-25)18(26)14-5-3-7-17(9-14)19(20,21)22/h3,5,7,9-10,15H,4,6,8,11-12H2,1-2H3/t15-/m1/s1. The van der Waals surface area contributed by atoms with Gasteiger partial charge in [0.2, 0.25) is 0 Å². The number of halogens is 3. The molecule has 0 radical (unpaired) electrons. The fourth-order valence-corrected chi connectivity index (χ4v) is 3.44. The number of aryl methyl sites for hydroxylation is 1. The molecule has 4 nitrogen and oxygen atoms in total. The third-order valence-corrected chi connectivity index (χ3v) is 5.08. The van der Waals surface area contributed by atoms with Crippen molar-refractivity contribution in [1.29, 1.82) is 0 Å². The van der Waals surface area contributed by atoms with E-state index in [4.69, 9.17) is 0 Å². The van der Waals surface area contributed by atoms with Crippen LogP contribution < -0.4 is 0 Å². The Labute approximate surface area is 150 Å². The number of piperidine rings is 1. The Bertz CT molecular complexity index is 798. The number of carbonyl (C=O) groups is 1. The lowest BCUT2D eigenvalue weighted by Crippen LogP contribution is -2.38. The van der Waals surface area contributed by atoms with E-state index in [0.717, 1.165) is 36.4 Å². The lowest BCUT2D eigenvalue weighted by molar-refractivity contribution is -0.137. The Balaban J connectivity index is 1.71. The van der Waals surface area contributed by atoms with Crippen LogP contribution in [0, 0.1) is 12.8 Å². The van der Waals surface area contributed by atoms with E-state index >= 15 is 0 Å². The minimum Gasteiger partial charge on any atom is -0.298 e. The number of Topliss-reactive ketones (excluding diaryl/α,β-unsaturated/α-hetero) is 1. The summed E-state index contributed by atoms with van der Waals surface area (Å²) in [7, 11) is 1.88. The highest BCUT2D eigenvalue weighted by molar-refractivity contribution is 5.98. The molecule has 1 aromatic carbocycles. The summed E-state index contributed by atoms with van der Waals surface area (Å²) in [5, 5.41) is 4.23. The monoisotopic (exact) mass is 365 g/mol. The average Bonchev–Trinajstić information content (AvgIpc) is 2.93. The third-order valence-electron chi connectivity index (χ3n) is 5.08. The van der Waals surface area contributed by atoms with Crippen molar-refractivity contribution in [2.75, 3.05) is 13.1 Å². The van der Waals surface area contributed by atoms with Gasteiger partial charge in [-0.15, -0.1) is 0 Å². The van der Waals surface area contributed by atoms with Crippen molar-refractivity contribution in [2.24, 2.45) is 13.0 Å². The highest BCUT2D eigenvalue weighted by atomic mass is 19.4. The van der Waals surface area contributed by atoms with Gasteiger partial charge in [-0.2, -0.15) is 18.3 Å². The van der Waals surface area contributed by atoms with E-state index < -0.39 is 11.7 Å². The van der Waals surface area contributed by atoms with Crippen LogP contribution in [0.3, 0.4) is 0 Å². The smallest absolute Gasteiger partial charge is 0.298 e. The van der Waals surface area contributed by atoms with E-state index in [9.17, 15) is 18.0 Å². The molecule has 1 aliphatic rings. The maximum Gasteiger partial charge on any atom is 0.416 e. The summed E-state index contributed by atoms with van der Waals surface area (Å²) >= 11 is 0. The quantitative estimate of drug-likeness (QED) is 0.773. The van der Waals surface area contributed by atoms with Gasteiger partial charge in [0.25, 0.3) is 0 Å². The molecule has 0 N–H and O–H groups in total. The van der Waals surface area contributed by atoms with Crippen LogP contribution in [0.15, 0.2) is 30.5 Å². The van der Waals surface area contributed by atoms with Crippen molar-refractivity contribution in [2.45, 2.75) is 32.5 Å². The van der Waals surface area contributed by atoms with Gasteiger partial charge < -0.3 is 0 Å². The van der Waals surface area contributed by atoms with Crippen molar-refractivity contribution in [1.82, 2.24) is 14.7 Å². The van der Waals surface area contributed by atoms with Crippen molar-refractivity contribution >= 4 is 5.78 Å². The molecule has 2 heterocycles. The van der Waals surface area contributed by atoms with E-state index in [2.05, 4.69) is 10.00 Å². The fraction of sp³-hybridized carbons (Fsp3) is 0.474. The maximum atomic E-state index is 12.9. The molecule has 0 saturated carbocycles. The normalized spacial score (nSPS) is 18.9. The van der Waals surface area contributed by atoms with E-state index in [0.29, 0.717) is 19.5 Å². The van der Waals surface area contributed by atoms with Gasteiger partial charge in [-0.05, 0) is 38.4 Å². The number of ketones is 1. The zero-order valence-corrected chi connectivity index (χ0v) is 14.9. The summed E-state index contributed by atoms with van der Waals surface area (Å²) in [6.45, 7) is 4.13. The van der Waals surface area contributed by atoms with Gasteiger partial charge in [-0.3, -0.25) is 14.4 Å². The first-order chi connectivity index (χ1) is 12.3. The number of aromatic nitrogens is 2. The molecular weight excluding hydrogens is 343 g/mol. The molecule has 140 valence electrons. The first-order valence-corrected chi connectivity index (χ1v) is 8.67. The lowest BCUT2D eigenvalue weighted by atomic mass is 9.89. The predicted octanol–water partition coefficient (Wildman–Crippen LogP) is 3.84. The zero-order chi connectivity index (χ0) is 18.9. The summed E-state index contributed by atoms with van der Waals surface area (Å²) < 4.78 is 40.5. The van der Waals surface area contributed by atoms with Crippen LogP contribution in [0.1, 0.15) is 40.0 Å². The van der Waals surface area contributed by atoms with E-state index in [1.807, 2.05) is 24.9 Å². The topological polar surface area (TPSA) is 38.1 Å². The largest absolute Gasteiger partial charge is 0.416 e. The molecule has 3 rings (SSSR count). The Hall–Kier alpha value is -2.15. The van der Waals surface area contributed by atoms with Crippen molar-refractivity contribution in [3.63, 3.8) is 0 Å². The predicted molar refractivity (Wildman–Crippen MR) is 91.7 cm³/mol. The summed E-state index contributed by atoms with van der Waals surface area (Å²) in [6.07, 6.45) is -1.05. The molecule has 7 heteroatoms. The molecule has 0 bridgehead atoms. The Kier molecular flexibility index (Phi) is 5.18. The minimum absolute atomic E-state index is 0.143. The van der Waals surface area contributed by atoms with Crippen molar-refractivity contribution in [3.05, 3.63) is 52.8 Å². The summed E-state index contributed by atoms with van der Waals surface area (Å²) in [5.74, 6) is -0.479. The summed E-state index contributed by atoms with van der Waals surface area (Å²) in [4.78, 5) is 14.9. The second kappa shape index (κ2) is 7.23. The molecule has 0 unspecified atom stereocenters. The van der Waals surface area contributed by atoms with Gasteiger partial charge >= 0.3 is 6.18 Å². The lowest BCUT2D eigenvalue weighted by Gasteiger charge is -2.32. The zero-order valence-electron chi connectivity index (χ0n) is 14.9. The second-order valence-corrected chi connectivity index (χ2v) is 6.90. The Morgan fingerprint density at radius 3 is 2.77 bits per heavy atom. The molecule has 1 atom stereocenters. The molecule has 1 aromatic heterocycles. The molecule has 1 fully saturated rings. The average molecular weight is 365 g/mol. The van der Waals surface area contributed by atoms with Crippen LogP contribution in [-0.4, -0.2) is 33.6 Å². The molecule has 0 spiro atoms. The molecule has 26 heavy (non-hydrogen) atoms. The Morgan fingerprint density at radius 1 is 1.35 bits per heavy atom. The summed E-state index contributed by atoms with van der Waals surface area (Å²) in [6, 6.07) is 4.74. The van der Waals surface area contributed by atoms with Gasteiger partial charge in [0.05, 0.1) is 11.8 Å². The number of hydrogen-bond donors (Lipinski definition) is 0. The first-order valence-electron chi connectivity index (χ1n) is 8.67. The molecule has 0 amide bonds. The molecular formula is C19H22F3N3O. The number of nitrogens with zero attached hydrogens (tertiary/aromatic N) is 3. The highest BCUT2D eigenvalue weighted by Gasteiger charge is 2.32. The number of likely N-dealkylation sites (tertiary alicyclic amines) is 1. The number of hydrogen-bond acceptors (Lipinski definition) is 3. The molecule has 2 aromatic rings. The Morgan fingerprint density at radius 2 is 2.12 bits per heavy atom. The van der Waals surface area contributed by atoms with Gasteiger partial charge in [-0.25, -0.2) is 0 Å². The van der Waals surface area contributed by atoms with Crippen molar-refractivity contribution in [3.8, 4) is 0 Å². The fourth-order valence-electron chi connectivity index (χ4n) is 3.44. The van der Waals surface area contributed by atoms with E-state index in [-0.39, 0.29) is 17.3 Å². The van der Waals surface area contributed by atoms with Gasteiger partial charge in [-0.1, -0.05) is 12.1 Å². The van der Waals surface area contributed by atoms with Crippen LogP contribution in [0.25, 0.3) is 0 Å². The number of carbonyl (C=O) groups excluding carboxylic acids is 1. The number of benzene rings is 1. The second-order valence-electron chi connectivity index (χ2n) is 6.90. The van der Waals surface area contributed by atoms with Crippen LogP contribution in [0.5, 0.6) is 0 Å². The van der Waals surface area contributed by atoms with E-state index in [1.54, 1.807) is 0 Å². The number of rotatable bonds is 4. The number of alkyl halides is 3. The van der Waals surface area contributed by atoms with Crippen LogP contribution >= 0.6 is 0 Å². The molecule has 1 saturated heterocycles. The first kappa shape index (κ1) is 18.6. The van der Waals surface area contributed by atoms with Gasteiger partial charge in [0.1, 0.15) is 0 Å².